The van der Waals surface area contributed by atoms with Crippen LogP contribution in [0.3, 0.4) is 0 Å². The molecule has 1 saturated carbocycles. The van der Waals surface area contributed by atoms with Crippen LogP contribution in [0.1, 0.15) is 30.9 Å². The first-order valence-electron chi connectivity index (χ1n) is 5.99. The molecule has 1 aromatic carbocycles. The maximum absolute atomic E-state index is 10.3. The molecule has 1 N–H and O–H groups in total. The number of aliphatic hydroxyl groups is 1. The van der Waals surface area contributed by atoms with Gasteiger partial charge in [0, 0.05) is 0 Å². The Kier molecular flexibility index (Phi) is 2.49. The van der Waals surface area contributed by atoms with E-state index in [1.807, 2.05) is 13.0 Å². The number of hydrogen-bond donors (Lipinski definition) is 1. The molecule has 0 spiro atoms. The summed E-state index contributed by atoms with van der Waals surface area (Å²) < 4.78 is 11.1. The minimum atomic E-state index is -0.690. The number of ether oxygens (including phenoxy) is 2. The highest BCUT2D eigenvalue weighted by molar-refractivity contribution is 6.33. The van der Waals surface area contributed by atoms with E-state index in [9.17, 15) is 5.11 Å². The zero-order valence-corrected chi connectivity index (χ0v) is 10.5. The third-order valence-electron chi connectivity index (χ3n) is 3.45. The van der Waals surface area contributed by atoms with Crippen LogP contribution in [0.15, 0.2) is 6.07 Å². The van der Waals surface area contributed by atoms with Gasteiger partial charge in [-0.15, -0.1) is 0 Å². The van der Waals surface area contributed by atoms with Crippen molar-refractivity contribution in [3.05, 3.63) is 22.2 Å². The molecule has 1 aliphatic heterocycles. The Morgan fingerprint density at radius 3 is 2.71 bits per heavy atom. The fourth-order valence-corrected chi connectivity index (χ4v) is 2.72. The molecule has 3 rings (SSSR count). The zero-order valence-electron chi connectivity index (χ0n) is 9.75. The van der Waals surface area contributed by atoms with Gasteiger partial charge in [-0.05, 0) is 36.5 Å². The van der Waals surface area contributed by atoms with Crippen molar-refractivity contribution in [3.8, 4) is 11.5 Å². The molecule has 3 nitrogen and oxygen atoms in total. The average molecular weight is 255 g/mol. The summed E-state index contributed by atoms with van der Waals surface area (Å²) in [5.41, 5.74) is 1.20. The zero-order chi connectivity index (χ0) is 12.0. The van der Waals surface area contributed by atoms with E-state index in [-0.39, 0.29) is 0 Å². The second kappa shape index (κ2) is 3.79. The van der Waals surface area contributed by atoms with Crippen LogP contribution in [0.4, 0.5) is 0 Å². The third kappa shape index (κ3) is 1.69. The highest BCUT2D eigenvalue weighted by Gasteiger charge is 2.45. The third-order valence-corrected chi connectivity index (χ3v) is 3.85. The van der Waals surface area contributed by atoms with Crippen LogP contribution < -0.4 is 9.47 Å². The molecule has 1 aliphatic carbocycles. The van der Waals surface area contributed by atoms with Crippen molar-refractivity contribution in [2.45, 2.75) is 31.8 Å². The first-order chi connectivity index (χ1) is 8.15. The first kappa shape index (κ1) is 11.2. The van der Waals surface area contributed by atoms with E-state index >= 15 is 0 Å². The molecule has 2 aliphatic rings. The smallest absolute Gasteiger partial charge is 0.180 e. The molecule has 92 valence electrons. The van der Waals surface area contributed by atoms with E-state index in [4.69, 9.17) is 21.1 Å². The van der Waals surface area contributed by atoms with Gasteiger partial charge in [-0.3, -0.25) is 0 Å². The van der Waals surface area contributed by atoms with Crippen molar-refractivity contribution in [1.82, 2.24) is 0 Å². The largest absolute Gasteiger partial charge is 0.486 e. The van der Waals surface area contributed by atoms with Gasteiger partial charge in [0.05, 0.1) is 10.6 Å². The second-order valence-corrected chi connectivity index (χ2v) is 5.00. The molecule has 4 heteroatoms. The van der Waals surface area contributed by atoms with Crippen LogP contribution in [0.25, 0.3) is 0 Å². The lowest BCUT2D eigenvalue weighted by atomic mass is 9.97. The van der Waals surface area contributed by atoms with Crippen molar-refractivity contribution in [2.75, 3.05) is 13.2 Å². The van der Waals surface area contributed by atoms with Crippen molar-refractivity contribution in [2.24, 2.45) is 0 Å². The average Bonchev–Trinajstić information content (AvgIpc) is 3.08. The fourth-order valence-electron chi connectivity index (χ4n) is 2.33. The minimum absolute atomic E-state index is 0.527. The van der Waals surface area contributed by atoms with Crippen LogP contribution in [-0.4, -0.2) is 18.3 Å². The van der Waals surface area contributed by atoms with Gasteiger partial charge in [0.25, 0.3) is 0 Å². The van der Waals surface area contributed by atoms with E-state index in [0.717, 1.165) is 30.4 Å². The van der Waals surface area contributed by atoms with Crippen LogP contribution in [0, 0.1) is 0 Å². The van der Waals surface area contributed by atoms with Crippen LogP contribution in [-0.2, 0) is 12.0 Å². The van der Waals surface area contributed by atoms with Crippen molar-refractivity contribution in [1.29, 1.82) is 0 Å². The number of hydrogen-bond acceptors (Lipinski definition) is 3. The van der Waals surface area contributed by atoms with Gasteiger partial charge in [-0.2, -0.15) is 0 Å². The Morgan fingerprint density at radius 2 is 2.06 bits per heavy atom. The van der Waals surface area contributed by atoms with Gasteiger partial charge < -0.3 is 14.6 Å². The minimum Gasteiger partial charge on any atom is -0.486 e. The number of rotatable bonds is 2. The molecule has 0 saturated heterocycles. The summed E-state index contributed by atoms with van der Waals surface area (Å²) in [6.07, 6.45) is 2.39. The summed E-state index contributed by atoms with van der Waals surface area (Å²) in [5, 5.41) is 10.9. The lowest BCUT2D eigenvalue weighted by Gasteiger charge is -2.24. The maximum Gasteiger partial charge on any atom is 0.180 e. The Labute approximate surface area is 105 Å². The van der Waals surface area contributed by atoms with E-state index in [2.05, 4.69) is 0 Å². The van der Waals surface area contributed by atoms with E-state index in [1.54, 1.807) is 0 Å². The monoisotopic (exact) mass is 254 g/mol. The Morgan fingerprint density at radius 1 is 1.35 bits per heavy atom. The highest BCUT2D eigenvalue weighted by Crippen LogP contribution is 2.52. The van der Waals surface area contributed by atoms with Gasteiger partial charge in [-0.1, -0.05) is 18.5 Å². The predicted molar refractivity (Wildman–Crippen MR) is 65.0 cm³/mol. The van der Waals surface area contributed by atoms with Crippen molar-refractivity contribution >= 4 is 11.6 Å². The maximum atomic E-state index is 10.3. The van der Waals surface area contributed by atoms with Crippen LogP contribution >= 0.6 is 11.6 Å². The lowest BCUT2D eigenvalue weighted by molar-refractivity contribution is 0.146. The molecule has 0 atom stereocenters. The standard InChI is InChI=1S/C13H15ClO3/c1-2-8-9(13(15)3-4-13)7-10-12(11(8)14)17-6-5-16-10/h7,15H,2-6H2,1H3. The topological polar surface area (TPSA) is 38.7 Å². The quantitative estimate of drug-likeness (QED) is 0.882. The van der Waals surface area contributed by atoms with Crippen molar-refractivity contribution < 1.29 is 14.6 Å². The lowest BCUT2D eigenvalue weighted by Crippen LogP contribution is -2.18. The Hall–Kier alpha value is -0.930. The summed E-state index contributed by atoms with van der Waals surface area (Å²) in [6.45, 7) is 3.10. The molecule has 1 fully saturated rings. The number of fused-ring (bicyclic) bond motifs is 1. The van der Waals surface area contributed by atoms with Gasteiger partial charge in [0.15, 0.2) is 11.5 Å². The SMILES string of the molecule is CCc1c(C2(O)CC2)cc2c(c1Cl)OCCO2. The van der Waals surface area contributed by atoms with E-state index in [1.165, 1.54) is 0 Å². The summed E-state index contributed by atoms with van der Waals surface area (Å²) in [6, 6.07) is 1.90. The molecule has 1 heterocycles. The van der Waals surface area contributed by atoms with Crippen LogP contribution in [0.2, 0.25) is 5.02 Å². The summed E-state index contributed by atoms with van der Waals surface area (Å²) in [5.74, 6) is 1.29. The summed E-state index contributed by atoms with van der Waals surface area (Å²) in [7, 11) is 0. The molecule has 0 bridgehead atoms. The van der Waals surface area contributed by atoms with Gasteiger partial charge in [0.1, 0.15) is 13.2 Å². The summed E-state index contributed by atoms with van der Waals surface area (Å²) in [4.78, 5) is 0. The molecule has 0 radical (unpaired) electrons. The molecular formula is C13H15ClO3. The van der Waals surface area contributed by atoms with Gasteiger partial charge in [0.2, 0.25) is 0 Å². The van der Waals surface area contributed by atoms with E-state index < -0.39 is 5.60 Å². The molecule has 17 heavy (non-hydrogen) atoms. The molecule has 0 unspecified atom stereocenters. The van der Waals surface area contributed by atoms with Gasteiger partial charge in [-0.25, -0.2) is 0 Å². The summed E-state index contributed by atoms with van der Waals surface area (Å²) >= 11 is 6.35. The number of halogens is 1. The first-order valence-corrected chi connectivity index (χ1v) is 6.37. The van der Waals surface area contributed by atoms with Crippen molar-refractivity contribution in [3.63, 3.8) is 0 Å². The number of benzene rings is 1. The predicted octanol–water partition coefficient (Wildman–Crippen LogP) is 2.66. The molecular weight excluding hydrogens is 240 g/mol. The fraction of sp³-hybridized carbons (Fsp3) is 0.538. The normalized spacial score (nSPS) is 20.2. The van der Waals surface area contributed by atoms with Crippen LogP contribution in [0.5, 0.6) is 11.5 Å². The molecule has 1 aromatic rings. The Balaban J connectivity index is 2.18. The highest BCUT2D eigenvalue weighted by atomic mass is 35.5. The molecule has 0 aromatic heterocycles. The Bertz CT molecular complexity index is 466. The molecule has 0 amide bonds. The van der Waals surface area contributed by atoms with E-state index in [0.29, 0.717) is 29.7 Å². The van der Waals surface area contributed by atoms with Gasteiger partial charge >= 0.3 is 0 Å². The second-order valence-electron chi connectivity index (χ2n) is 4.63.